The molecule has 0 radical (unpaired) electrons. The predicted octanol–water partition coefficient (Wildman–Crippen LogP) is 15.6. The highest BCUT2D eigenvalue weighted by Crippen LogP contribution is 2.49. The molecule has 0 heterocycles. The number of aryl methyl sites for hydroxylation is 1. The Labute approximate surface area is 334 Å². The Morgan fingerprint density at radius 1 is 0.661 bits per heavy atom. The number of para-hydroxylation sites is 1. The molecule has 1 unspecified atom stereocenters. The van der Waals surface area contributed by atoms with E-state index in [-0.39, 0.29) is 5.41 Å². The first-order valence-corrected chi connectivity index (χ1v) is 20.5. The quantitative estimate of drug-likeness (QED) is 0.128. The topological polar surface area (TPSA) is 3.24 Å². The first-order chi connectivity index (χ1) is 27.3. The number of fused-ring (bicyclic) bond motifs is 2. The largest absolute Gasteiger partial charge is 0.310 e. The molecule has 7 aromatic carbocycles. The Hall–Kier alpha value is -5.92. The minimum Gasteiger partial charge on any atom is -0.310 e. The summed E-state index contributed by atoms with van der Waals surface area (Å²) in [4.78, 5) is 2.42. The molecule has 0 aliphatic heterocycles. The van der Waals surface area contributed by atoms with Crippen molar-refractivity contribution >= 4 is 39.0 Å². The van der Waals surface area contributed by atoms with Crippen LogP contribution in [0.25, 0.3) is 33.0 Å². The van der Waals surface area contributed by atoms with Crippen LogP contribution < -0.4 is 4.90 Å². The van der Waals surface area contributed by atoms with Crippen LogP contribution in [0.2, 0.25) is 0 Å². The first-order valence-electron chi connectivity index (χ1n) is 20.5. The monoisotopic (exact) mass is 727 g/mol. The number of allylic oxidation sites excluding steroid dienone is 4. The molecule has 278 valence electrons. The van der Waals surface area contributed by atoms with Gasteiger partial charge in [-0.05, 0) is 141 Å². The zero-order valence-corrected chi connectivity index (χ0v) is 33.6. The molecule has 0 spiro atoms. The van der Waals surface area contributed by atoms with E-state index in [9.17, 15) is 0 Å². The van der Waals surface area contributed by atoms with E-state index >= 15 is 0 Å². The molecule has 0 amide bonds. The van der Waals surface area contributed by atoms with Crippen LogP contribution in [0.15, 0.2) is 176 Å². The summed E-state index contributed by atoms with van der Waals surface area (Å²) in [6, 6.07) is 60.4. The number of hydrogen-bond donors (Lipinski definition) is 0. The highest BCUT2D eigenvalue weighted by molar-refractivity contribution is 5.99. The second-order valence-corrected chi connectivity index (χ2v) is 16.1. The van der Waals surface area contributed by atoms with E-state index in [2.05, 4.69) is 215 Å². The van der Waals surface area contributed by atoms with E-state index in [0.29, 0.717) is 5.92 Å². The molecule has 1 heteroatoms. The van der Waals surface area contributed by atoms with Gasteiger partial charge in [0.25, 0.3) is 0 Å². The molecule has 7 aromatic rings. The van der Waals surface area contributed by atoms with Crippen molar-refractivity contribution in [2.24, 2.45) is 0 Å². The Bertz CT molecular complexity index is 2530. The molecule has 1 nitrogen and oxygen atoms in total. The third kappa shape index (κ3) is 7.39. The standard InChI is InChI=1S/C55H53N/c1-6-41(44-30-29-39(3)52(36-44)51-27-17-16-25-48(51)42(7-2)35-40-19-10-8-11-20-40)31-32-45-38-55(4,5)53-37-47(33-34-49(45)53)56(46-23-12-9-13-24-46)54-28-18-22-43-21-14-15-26-50(43)54/h8-34,36-37,42H,6-7,35,38H2,1-5H3/b41-31+,45-32+. The van der Waals surface area contributed by atoms with Crippen molar-refractivity contribution in [3.8, 4) is 11.1 Å². The lowest BCUT2D eigenvalue weighted by Crippen LogP contribution is -2.14. The lowest BCUT2D eigenvalue weighted by molar-refractivity contribution is 0.563. The van der Waals surface area contributed by atoms with Gasteiger partial charge in [-0.3, -0.25) is 0 Å². The highest BCUT2D eigenvalue weighted by Gasteiger charge is 2.34. The fourth-order valence-electron chi connectivity index (χ4n) is 8.94. The van der Waals surface area contributed by atoms with E-state index < -0.39 is 0 Å². The van der Waals surface area contributed by atoms with Crippen LogP contribution in [0.1, 0.15) is 86.3 Å². The molecule has 0 aromatic heterocycles. The number of anilines is 3. The molecule has 1 atom stereocenters. The molecule has 1 aliphatic rings. The number of benzene rings is 7. The van der Waals surface area contributed by atoms with E-state index in [1.54, 1.807) is 0 Å². The smallest absolute Gasteiger partial charge is 0.0540 e. The number of rotatable bonds is 11. The van der Waals surface area contributed by atoms with Gasteiger partial charge in [0.15, 0.2) is 0 Å². The van der Waals surface area contributed by atoms with Crippen LogP contribution in [0.5, 0.6) is 0 Å². The van der Waals surface area contributed by atoms with Gasteiger partial charge in [0.1, 0.15) is 0 Å². The van der Waals surface area contributed by atoms with Crippen LogP contribution in [0.4, 0.5) is 17.1 Å². The van der Waals surface area contributed by atoms with Gasteiger partial charge < -0.3 is 4.90 Å². The third-order valence-corrected chi connectivity index (χ3v) is 12.0. The second kappa shape index (κ2) is 16.0. The molecule has 0 saturated carbocycles. The molecule has 1 aliphatic carbocycles. The minimum atomic E-state index is 0.00875. The van der Waals surface area contributed by atoms with Gasteiger partial charge in [0.05, 0.1) is 5.69 Å². The summed E-state index contributed by atoms with van der Waals surface area (Å²) in [5, 5.41) is 2.49. The summed E-state index contributed by atoms with van der Waals surface area (Å²) in [6.45, 7) is 11.7. The molecule has 0 saturated heterocycles. The summed E-state index contributed by atoms with van der Waals surface area (Å²) in [6.07, 6.45) is 8.92. The van der Waals surface area contributed by atoms with Crippen LogP contribution in [-0.2, 0) is 11.8 Å². The van der Waals surface area contributed by atoms with Crippen LogP contribution in [0, 0.1) is 6.92 Å². The average molecular weight is 728 g/mol. The van der Waals surface area contributed by atoms with Crippen molar-refractivity contribution in [2.45, 2.75) is 71.6 Å². The summed E-state index contributed by atoms with van der Waals surface area (Å²) in [5.74, 6) is 0.459. The number of nitrogens with zero attached hydrogens (tertiary/aromatic N) is 1. The molecule has 0 fully saturated rings. The van der Waals surface area contributed by atoms with Crippen molar-refractivity contribution in [1.29, 1.82) is 0 Å². The van der Waals surface area contributed by atoms with Crippen molar-refractivity contribution in [3.63, 3.8) is 0 Å². The molecule has 0 bridgehead atoms. The van der Waals surface area contributed by atoms with Gasteiger partial charge in [-0.1, -0.05) is 167 Å². The van der Waals surface area contributed by atoms with Crippen LogP contribution >= 0.6 is 0 Å². The fraction of sp³-hybridized carbons (Fsp3) is 0.200. The van der Waals surface area contributed by atoms with Gasteiger partial charge in [-0.15, -0.1) is 0 Å². The molecule has 0 N–H and O–H groups in total. The van der Waals surface area contributed by atoms with Crippen LogP contribution in [-0.4, -0.2) is 0 Å². The third-order valence-electron chi connectivity index (χ3n) is 12.0. The SMILES string of the molecule is CC/C(=C\C=C1/CC(C)(C)c2cc(N(c3ccccc3)c3cccc4ccccc34)ccc21)c1ccc(C)c(-c2ccccc2C(CC)Cc2ccccc2)c1. The van der Waals surface area contributed by atoms with Crippen molar-refractivity contribution < 1.29 is 0 Å². The van der Waals surface area contributed by atoms with E-state index in [1.807, 2.05) is 0 Å². The van der Waals surface area contributed by atoms with Gasteiger partial charge in [0, 0.05) is 16.8 Å². The maximum Gasteiger partial charge on any atom is 0.0540 e. The summed E-state index contributed by atoms with van der Waals surface area (Å²) >= 11 is 0. The van der Waals surface area contributed by atoms with Gasteiger partial charge in [-0.25, -0.2) is 0 Å². The Kier molecular flexibility index (Phi) is 10.6. The van der Waals surface area contributed by atoms with Crippen molar-refractivity contribution in [2.75, 3.05) is 4.90 Å². The number of hydrogen-bond acceptors (Lipinski definition) is 1. The maximum absolute atomic E-state index is 2.45. The lowest BCUT2D eigenvalue weighted by atomic mass is 9.83. The van der Waals surface area contributed by atoms with Crippen molar-refractivity contribution in [3.05, 3.63) is 209 Å². The maximum atomic E-state index is 2.45. The summed E-state index contributed by atoms with van der Waals surface area (Å²) in [7, 11) is 0. The average Bonchev–Trinajstić information content (AvgIpc) is 3.50. The summed E-state index contributed by atoms with van der Waals surface area (Å²) < 4.78 is 0. The van der Waals surface area contributed by atoms with Gasteiger partial charge in [-0.2, -0.15) is 0 Å². The molecular weight excluding hydrogens is 675 g/mol. The Morgan fingerprint density at radius 2 is 1.38 bits per heavy atom. The Balaban J connectivity index is 1.14. The summed E-state index contributed by atoms with van der Waals surface area (Å²) in [5.41, 5.74) is 17.2. The normalized spacial score (nSPS) is 14.9. The first kappa shape index (κ1) is 37.0. The molecular formula is C55H53N. The molecule has 56 heavy (non-hydrogen) atoms. The molecule has 8 rings (SSSR count). The lowest BCUT2D eigenvalue weighted by Gasteiger charge is -2.28. The second-order valence-electron chi connectivity index (χ2n) is 16.1. The minimum absolute atomic E-state index is 0.00875. The van der Waals surface area contributed by atoms with Crippen LogP contribution in [0.3, 0.4) is 0 Å². The van der Waals surface area contributed by atoms with Gasteiger partial charge in [0.2, 0.25) is 0 Å². The van der Waals surface area contributed by atoms with E-state index in [0.717, 1.165) is 31.4 Å². The van der Waals surface area contributed by atoms with Gasteiger partial charge >= 0.3 is 0 Å². The van der Waals surface area contributed by atoms with E-state index in [4.69, 9.17) is 0 Å². The van der Waals surface area contributed by atoms with E-state index in [1.165, 1.54) is 77.8 Å². The fourth-order valence-corrected chi connectivity index (χ4v) is 8.94. The zero-order valence-electron chi connectivity index (χ0n) is 33.6. The highest BCUT2D eigenvalue weighted by atomic mass is 15.1. The predicted molar refractivity (Wildman–Crippen MR) is 242 cm³/mol. The zero-order chi connectivity index (χ0) is 38.6. The van der Waals surface area contributed by atoms with Crippen molar-refractivity contribution in [1.82, 2.24) is 0 Å². The Morgan fingerprint density at radius 3 is 2.16 bits per heavy atom.